The molecule has 0 aliphatic carbocycles. The van der Waals surface area contributed by atoms with Crippen molar-refractivity contribution in [1.29, 1.82) is 0 Å². The largest absolute Gasteiger partial charge is 0.368 e. The third kappa shape index (κ3) is 1.97. The molecule has 5 nitrogen and oxygen atoms in total. The molecule has 2 heterocycles. The van der Waals surface area contributed by atoms with Gasteiger partial charge in [-0.1, -0.05) is 18.2 Å². The van der Waals surface area contributed by atoms with Gasteiger partial charge in [-0.05, 0) is 25.0 Å². The molecular weight excluding hydrogens is 242 g/mol. The first kappa shape index (κ1) is 11.8. The number of primary amides is 1. The standard InChI is InChI=1S/C14H15N3O2/c15-13(18)12-6-3-7-17(12)14(19)11-8-9-4-1-2-5-10(9)16-11/h1-2,4-5,8,12,16H,3,6-7H2,(H2,15,18). The zero-order valence-electron chi connectivity index (χ0n) is 10.4. The van der Waals surface area contributed by atoms with Crippen molar-refractivity contribution in [2.75, 3.05) is 6.54 Å². The summed E-state index contributed by atoms with van der Waals surface area (Å²) >= 11 is 0. The average Bonchev–Trinajstić information content (AvgIpc) is 3.04. The van der Waals surface area contributed by atoms with Gasteiger partial charge in [-0.25, -0.2) is 0 Å². The van der Waals surface area contributed by atoms with Crippen molar-refractivity contribution < 1.29 is 9.59 Å². The molecular formula is C14H15N3O2. The summed E-state index contributed by atoms with van der Waals surface area (Å²) in [6, 6.07) is 9.04. The smallest absolute Gasteiger partial charge is 0.270 e. The van der Waals surface area contributed by atoms with Crippen molar-refractivity contribution in [3.8, 4) is 0 Å². The highest BCUT2D eigenvalue weighted by molar-refractivity contribution is 6.00. The normalized spacial score (nSPS) is 18.9. The molecule has 98 valence electrons. The van der Waals surface area contributed by atoms with E-state index in [4.69, 9.17) is 5.73 Å². The second kappa shape index (κ2) is 4.42. The number of hydrogen-bond donors (Lipinski definition) is 2. The zero-order chi connectivity index (χ0) is 13.4. The number of H-pyrrole nitrogens is 1. The molecule has 3 N–H and O–H groups in total. The van der Waals surface area contributed by atoms with Gasteiger partial charge >= 0.3 is 0 Å². The maximum absolute atomic E-state index is 12.4. The minimum Gasteiger partial charge on any atom is -0.368 e. The monoisotopic (exact) mass is 257 g/mol. The Morgan fingerprint density at radius 1 is 1.32 bits per heavy atom. The molecule has 1 aliphatic heterocycles. The summed E-state index contributed by atoms with van der Waals surface area (Å²) in [5, 5.41) is 0.987. The van der Waals surface area contributed by atoms with Crippen LogP contribution < -0.4 is 5.73 Å². The highest BCUT2D eigenvalue weighted by Gasteiger charge is 2.33. The van der Waals surface area contributed by atoms with Crippen LogP contribution in [0.3, 0.4) is 0 Å². The third-order valence-electron chi connectivity index (χ3n) is 3.60. The van der Waals surface area contributed by atoms with Crippen LogP contribution in [-0.4, -0.2) is 34.3 Å². The van der Waals surface area contributed by atoms with Gasteiger partial charge in [-0.15, -0.1) is 0 Å². The van der Waals surface area contributed by atoms with E-state index in [1.807, 2.05) is 30.3 Å². The molecule has 1 aliphatic rings. The summed E-state index contributed by atoms with van der Waals surface area (Å²) in [6.45, 7) is 0.585. The minimum atomic E-state index is -0.473. The number of hydrogen-bond acceptors (Lipinski definition) is 2. The number of nitrogens with one attached hydrogen (secondary N) is 1. The number of aromatic nitrogens is 1. The highest BCUT2D eigenvalue weighted by Crippen LogP contribution is 2.22. The first-order valence-electron chi connectivity index (χ1n) is 6.35. The van der Waals surface area contributed by atoms with Gasteiger partial charge in [0.05, 0.1) is 0 Å². The van der Waals surface area contributed by atoms with Gasteiger partial charge in [0.1, 0.15) is 11.7 Å². The predicted octanol–water partition coefficient (Wildman–Crippen LogP) is 1.26. The molecule has 1 atom stereocenters. The minimum absolute atomic E-state index is 0.155. The summed E-state index contributed by atoms with van der Waals surface area (Å²) < 4.78 is 0. The first-order chi connectivity index (χ1) is 9.16. The number of benzene rings is 1. The van der Waals surface area contributed by atoms with Crippen LogP contribution in [0.2, 0.25) is 0 Å². The SMILES string of the molecule is NC(=O)C1CCCN1C(=O)c1cc2ccccc2[nH]1. The Morgan fingerprint density at radius 3 is 2.84 bits per heavy atom. The van der Waals surface area contributed by atoms with Crippen LogP contribution >= 0.6 is 0 Å². The number of likely N-dealkylation sites (tertiary alicyclic amines) is 1. The van der Waals surface area contributed by atoms with E-state index in [1.165, 1.54) is 0 Å². The molecule has 0 spiro atoms. The Balaban J connectivity index is 1.93. The summed E-state index contributed by atoms with van der Waals surface area (Å²) in [7, 11) is 0. The van der Waals surface area contributed by atoms with Crippen LogP contribution in [0.15, 0.2) is 30.3 Å². The molecule has 19 heavy (non-hydrogen) atoms. The van der Waals surface area contributed by atoms with Crippen LogP contribution in [0.4, 0.5) is 0 Å². The molecule has 3 rings (SSSR count). The zero-order valence-corrected chi connectivity index (χ0v) is 10.4. The molecule has 0 saturated carbocycles. The van der Waals surface area contributed by atoms with Crippen LogP contribution in [0.5, 0.6) is 0 Å². The van der Waals surface area contributed by atoms with Gasteiger partial charge in [-0.3, -0.25) is 9.59 Å². The molecule has 5 heteroatoms. The van der Waals surface area contributed by atoms with Crippen LogP contribution in [0.1, 0.15) is 23.3 Å². The van der Waals surface area contributed by atoms with Crippen molar-refractivity contribution in [2.45, 2.75) is 18.9 Å². The molecule has 2 aromatic rings. The van der Waals surface area contributed by atoms with Crippen molar-refractivity contribution in [2.24, 2.45) is 5.73 Å². The van der Waals surface area contributed by atoms with Gasteiger partial charge in [0, 0.05) is 17.4 Å². The van der Waals surface area contributed by atoms with Crippen molar-refractivity contribution >= 4 is 22.7 Å². The molecule has 1 aromatic heterocycles. The second-order valence-corrected chi connectivity index (χ2v) is 4.83. The molecule has 0 radical (unpaired) electrons. The Morgan fingerprint density at radius 2 is 2.11 bits per heavy atom. The first-order valence-corrected chi connectivity index (χ1v) is 6.35. The average molecular weight is 257 g/mol. The number of nitrogens with two attached hydrogens (primary N) is 1. The molecule has 1 fully saturated rings. The Hall–Kier alpha value is -2.30. The molecule has 2 amide bonds. The highest BCUT2D eigenvalue weighted by atomic mass is 16.2. The number of rotatable bonds is 2. The van der Waals surface area contributed by atoms with Crippen molar-refractivity contribution in [3.63, 3.8) is 0 Å². The second-order valence-electron chi connectivity index (χ2n) is 4.83. The third-order valence-corrected chi connectivity index (χ3v) is 3.60. The quantitative estimate of drug-likeness (QED) is 0.849. The lowest BCUT2D eigenvalue weighted by Gasteiger charge is -2.21. The lowest BCUT2D eigenvalue weighted by atomic mass is 10.2. The van der Waals surface area contributed by atoms with E-state index in [9.17, 15) is 9.59 Å². The van der Waals surface area contributed by atoms with Crippen molar-refractivity contribution in [1.82, 2.24) is 9.88 Å². The summed E-state index contributed by atoms with van der Waals surface area (Å²) in [5.74, 6) is -0.584. The maximum Gasteiger partial charge on any atom is 0.270 e. The van der Waals surface area contributed by atoms with Gasteiger partial charge in [0.15, 0.2) is 0 Å². The number of para-hydroxylation sites is 1. The van der Waals surface area contributed by atoms with Crippen LogP contribution in [0.25, 0.3) is 10.9 Å². The fraction of sp³-hybridized carbons (Fsp3) is 0.286. The molecule has 1 unspecified atom stereocenters. The lowest BCUT2D eigenvalue weighted by molar-refractivity contribution is -0.121. The van der Waals surface area contributed by atoms with Crippen molar-refractivity contribution in [3.05, 3.63) is 36.0 Å². The number of fused-ring (bicyclic) bond motifs is 1. The maximum atomic E-state index is 12.4. The molecule has 1 aromatic carbocycles. The van der Waals surface area contributed by atoms with E-state index in [1.54, 1.807) is 4.90 Å². The fourth-order valence-corrected chi connectivity index (χ4v) is 2.65. The number of nitrogens with zero attached hydrogens (tertiary/aromatic N) is 1. The topological polar surface area (TPSA) is 79.2 Å². The lowest BCUT2D eigenvalue weighted by Crippen LogP contribution is -2.43. The van der Waals surface area contributed by atoms with Gasteiger partial charge in [0.25, 0.3) is 5.91 Å². The van der Waals surface area contributed by atoms with E-state index in [0.29, 0.717) is 18.7 Å². The van der Waals surface area contributed by atoms with E-state index in [0.717, 1.165) is 17.3 Å². The Labute approximate surface area is 110 Å². The van der Waals surface area contributed by atoms with Crippen LogP contribution in [0, 0.1) is 0 Å². The predicted molar refractivity (Wildman–Crippen MR) is 71.6 cm³/mol. The van der Waals surface area contributed by atoms with E-state index >= 15 is 0 Å². The van der Waals surface area contributed by atoms with Gasteiger partial charge in [0.2, 0.25) is 5.91 Å². The summed E-state index contributed by atoms with van der Waals surface area (Å²) in [4.78, 5) is 28.4. The van der Waals surface area contributed by atoms with Crippen LogP contribution in [-0.2, 0) is 4.79 Å². The number of carbonyl (C=O) groups is 2. The van der Waals surface area contributed by atoms with E-state index in [-0.39, 0.29) is 5.91 Å². The van der Waals surface area contributed by atoms with Gasteiger partial charge < -0.3 is 15.6 Å². The summed E-state index contributed by atoms with van der Waals surface area (Å²) in [6.07, 6.45) is 1.47. The number of aromatic amines is 1. The molecule has 1 saturated heterocycles. The Kier molecular flexibility index (Phi) is 2.74. The molecule has 0 bridgehead atoms. The number of carbonyl (C=O) groups excluding carboxylic acids is 2. The van der Waals surface area contributed by atoms with E-state index < -0.39 is 11.9 Å². The summed E-state index contributed by atoms with van der Waals surface area (Å²) in [5.41, 5.74) is 6.76. The van der Waals surface area contributed by atoms with Gasteiger partial charge in [-0.2, -0.15) is 0 Å². The fourth-order valence-electron chi connectivity index (χ4n) is 2.65. The Bertz CT molecular complexity index is 614. The number of amides is 2. The van der Waals surface area contributed by atoms with E-state index in [2.05, 4.69) is 4.98 Å².